The number of anilines is 1. The smallest absolute Gasteiger partial charge is 0.414 e. The minimum Gasteiger partial charge on any atom is -0.444 e. The molecule has 0 bridgehead atoms. The van der Waals surface area contributed by atoms with Gasteiger partial charge in [-0.1, -0.05) is 46.3 Å². The van der Waals surface area contributed by atoms with E-state index in [0.717, 1.165) is 16.8 Å². The molecule has 2 aliphatic heterocycles. The van der Waals surface area contributed by atoms with Gasteiger partial charge in [0, 0.05) is 24.7 Å². The van der Waals surface area contributed by atoms with Crippen LogP contribution in [0.4, 0.5) is 10.5 Å². The van der Waals surface area contributed by atoms with E-state index in [1.54, 1.807) is 11.0 Å². The maximum atomic E-state index is 13.0. The molecule has 8 heteroatoms. The minimum atomic E-state index is -3.56. The molecule has 0 spiro atoms. The second kappa shape index (κ2) is 8.39. The Hall–Kier alpha value is -1.64. The van der Waals surface area contributed by atoms with Crippen LogP contribution in [0.15, 0.2) is 43.5 Å². The second-order valence-corrected chi connectivity index (χ2v) is 10.2. The van der Waals surface area contributed by atoms with Crippen molar-refractivity contribution in [3.05, 3.63) is 54.6 Å². The van der Waals surface area contributed by atoms with Crippen molar-refractivity contribution in [2.75, 3.05) is 18.0 Å². The van der Waals surface area contributed by atoms with Crippen LogP contribution in [0.25, 0.3) is 0 Å². The number of rotatable bonds is 6. The van der Waals surface area contributed by atoms with Crippen LogP contribution in [0.2, 0.25) is 0 Å². The van der Waals surface area contributed by atoms with Crippen LogP contribution in [0, 0.1) is 6.92 Å². The Morgan fingerprint density at radius 2 is 1.93 bits per heavy atom. The minimum absolute atomic E-state index is 0.0968. The number of sulfonamides is 1. The summed E-state index contributed by atoms with van der Waals surface area (Å²) in [7, 11) is -3.56. The van der Waals surface area contributed by atoms with E-state index in [1.807, 2.05) is 25.1 Å². The van der Waals surface area contributed by atoms with Gasteiger partial charge in [-0.15, -0.1) is 13.2 Å². The Labute approximate surface area is 175 Å². The molecule has 0 radical (unpaired) electrons. The predicted octanol–water partition coefficient (Wildman–Crippen LogP) is 3.75. The van der Waals surface area contributed by atoms with Crippen molar-refractivity contribution < 1.29 is 17.9 Å². The number of cyclic esters (lactones) is 1. The van der Waals surface area contributed by atoms with Crippen LogP contribution in [0.1, 0.15) is 24.0 Å². The number of amides is 1. The van der Waals surface area contributed by atoms with Crippen molar-refractivity contribution >= 4 is 37.7 Å². The van der Waals surface area contributed by atoms with Crippen molar-refractivity contribution in [2.45, 2.75) is 42.5 Å². The van der Waals surface area contributed by atoms with Crippen LogP contribution in [0.3, 0.4) is 0 Å². The number of para-hydroxylation sites is 1. The van der Waals surface area contributed by atoms with E-state index in [2.05, 4.69) is 29.1 Å². The standard InChI is InChI=1S/C20H25BrN2O4S/c1-4-17(21)18(5-2)28(25,26)22-11-9-16(10-12-22)23-19-14(3)7-6-8-15(19)13-27-20(23)24/h4-8,16-18H,1-2,9-13H2,3H3. The fourth-order valence-electron chi connectivity index (χ4n) is 3.89. The average molecular weight is 469 g/mol. The lowest BCUT2D eigenvalue weighted by Crippen LogP contribution is -2.52. The fraction of sp³-hybridized carbons (Fsp3) is 0.450. The Morgan fingerprint density at radius 1 is 1.25 bits per heavy atom. The number of benzene rings is 1. The number of ether oxygens (including phenoxy) is 1. The maximum absolute atomic E-state index is 13.0. The quantitative estimate of drug-likeness (QED) is 0.470. The second-order valence-electron chi connectivity index (χ2n) is 7.06. The maximum Gasteiger partial charge on any atom is 0.414 e. The van der Waals surface area contributed by atoms with Crippen LogP contribution >= 0.6 is 15.9 Å². The number of hydrogen-bond donors (Lipinski definition) is 0. The number of piperidine rings is 1. The van der Waals surface area contributed by atoms with Crippen molar-refractivity contribution in [3.63, 3.8) is 0 Å². The van der Waals surface area contributed by atoms with Gasteiger partial charge in [0.25, 0.3) is 0 Å². The van der Waals surface area contributed by atoms with Gasteiger partial charge in [-0.3, -0.25) is 4.90 Å². The largest absolute Gasteiger partial charge is 0.444 e. The van der Waals surface area contributed by atoms with E-state index in [0.29, 0.717) is 25.9 Å². The van der Waals surface area contributed by atoms with Gasteiger partial charge in [0.15, 0.2) is 0 Å². The molecule has 2 heterocycles. The lowest BCUT2D eigenvalue weighted by atomic mass is 10.00. The molecule has 1 aromatic rings. The summed E-state index contributed by atoms with van der Waals surface area (Å²) in [6.07, 6.45) is 3.73. The Bertz CT molecular complexity index is 878. The molecular weight excluding hydrogens is 444 g/mol. The number of nitrogens with zero attached hydrogens (tertiary/aromatic N) is 2. The summed E-state index contributed by atoms with van der Waals surface area (Å²) in [5, 5.41) is -0.774. The molecule has 2 aliphatic rings. The molecule has 0 N–H and O–H groups in total. The summed E-state index contributed by atoms with van der Waals surface area (Å²) >= 11 is 3.35. The number of hydrogen-bond acceptors (Lipinski definition) is 4. The van der Waals surface area contributed by atoms with E-state index < -0.39 is 20.1 Å². The number of allylic oxidation sites excluding steroid dienone is 1. The molecule has 0 saturated carbocycles. The first-order valence-electron chi connectivity index (χ1n) is 9.24. The van der Waals surface area contributed by atoms with Gasteiger partial charge in [-0.05, 0) is 25.3 Å². The molecule has 1 aromatic carbocycles. The SMILES string of the molecule is C=CC(Br)C(C=C)S(=O)(=O)N1CCC(N2C(=O)OCc3cccc(C)c32)CC1. The van der Waals surface area contributed by atoms with Gasteiger partial charge in [0.2, 0.25) is 10.0 Å². The highest BCUT2D eigenvalue weighted by atomic mass is 79.9. The molecule has 0 aromatic heterocycles. The summed E-state index contributed by atoms with van der Waals surface area (Å²) < 4.78 is 32.8. The zero-order valence-electron chi connectivity index (χ0n) is 15.9. The first-order valence-corrected chi connectivity index (χ1v) is 11.7. The Balaban J connectivity index is 1.79. The van der Waals surface area contributed by atoms with Crippen LogP contribution < -0.4 is 4.90 Å². The molecule has 1 fully saturated rings. The molecule has 2 atom stereocenters. The third kappa shape index (κ3) is 3.77. The van der Waals surface area contributed by atoms with Crippen molar-refractivity contribution in [1.29, 1.82) is 0 Å². The highest BCUT2D eigenvalue weighted by Gasteiger charge is 2.40. The van der Waals surface area contributed by atoms with Gasteiger partial charge < -0.3 is 4.74 Å². The van der Waals surface area contributed by atoms with Crippen LogP contribution in [-0.4, -0.2) is 48.0 Å². The molecular formula is C20H25BrN2O4S. The molecule has 1 amide bonds. The first kappa shape index (κ1) is 21.1. The van der Waals surface area contributed by atoms with Crippen molar-refractivity contribution in [1.82, 2.24) is 4.31 Å². The number of alkyl halides is 1. The van der Waals surface area contributed by atoms with Crippen LogP contribution in [-0.2, 0) is 21.4 Å². The molecule has 28 heavy (non-hydrogen) atoms. The van der Waals surface area contributed by atoms with Crippen molar-refractivity contribution in [2.24, 2.45) is 0 Å². The molecule has 6 nitrogen and oxygen atoms in total. The zero-order valence-corrected chi connectivity index (χ0v) is 18.3. The van der Waals surface area contributed by atoms with Gasteiger partial charge in [0.1, 0.15) is 11.9 Å². The number of aryl methyl sites for hydroxylation is 1. The molecule has 1 saturated heterocycles. The molecule has 3 rings (SSSR count). The van der Waals surface area contributed by atoms with Gasteiger partial charge >= 0.3 is 6.09 Å². The Morgan fingerprint density at radius 3 is 2.54 bits per heavy atom. The third-order valence-electron chi connectivity index (χ3n) is 5.37. The summed E-state index contributed by atoms with van der Waals surface area (Å²) in [4.78, 5) is 13.8. The van der Waals surface area contributed by atoms with E-state index in [1.165, 1.54) is 10.4 Å². The van der Waals surface area contributed by atoms with Gasteiger partial charge in [-0.2, -0.15) is 0 Å². The van der Waals surface area contributed by atoms with E-state index >= 15 is 0 Å². The number of carbonyl (C=O) groups excluding carboxylic acids is 1. The van der Waals surface area contributed by atoms with Gasteiger partial charge in [-0.25, -0.2) is 17.5 Å². The lowest BCUT2D eigenvalue weighted by Gasteiger charge is -2.41. The zero-order chi connectivity index (χ0) is 20.5. The van der Waals surface area contributed by atoms with Crippen LogP contribution in [0.5, 0.6) is 0 Å². The molecule has 152 valence electrons. The van der Waals surface area contributed by atoms with E-state index in [9.17, 15) is 13.2 Å². The highest BCUT2D eigenvalue weighted by Crippen LogP contribution is 2.35. The monoisotopic (exact) mass is 468 g/mol. The lowest BCUT2D eigenvalue weighted by molar-refractivity contribution is 0.135. The summed E-state index contributed by atoms with van der Waals surface area (Å²) in [5.74, 6) is 0. The number of carbonyl (C=O) groups is 1. The average Bonchev–Trinajstić information content (AvgIpc) is 2.69. The van der Waals surface area contributed by atoms with Gasteiger partial charge in [0.05, 0.1) is 10.5 Å². The molecule has 0 aliphatic carbocycles. The van der Waals surface area contributed by atoms with E-state index in [-0.39, 0.29) is 18.7 Å². The topological polar surface area (TPSA) is 66.9 Å². The predicted molar refractivity (Wildman–Crippen MR) is 114 cm³/mol. The number of fused-ring (bicyclic) bond motifs is 1. The Kier molecular flexibility index (Phi) is 6.31. The normalized spacial score (nSPS) is 20.8. The van der Waals surface area contributed by atoms with Crippen molar-refractivity contribution in [3.8, 4) is 0 Å². The summed E-state index contributed by atoms with van der Waals surface area (Å²) in [5.41, 5.74) is 2.90. The third-order valence-corrected chi connectivity index (χ3v) is 8.93. The highest BCUT2D eigenvalue weighted by molar-refractivity contribution is 9.09. The molecule has 2 unspecified atom stereocenters. The van der Waals surface area contributed by atoms with E-state index in [4.69, 9.17) is 4.74 Å². The summed E-state index contributed by atoms with van der Waals surface area (Å²) in [6.45, 7) is 10.3. The number of halogens is 1. The fourth-order valence-corrected chi connectivity index (χ4v) is 6.67. The summed E-state index contributed by atoms with van der Waals surface area (Å²) in [6, 6.07) is 5.79. The first-order chi connectivity index (χ1) is 13.3.